The fourth-order valence-electron chi connectivity index (χ4n) is 1.41. The number of aromatic carboxylic acids is 1. The summed E-state index contributed by atoms with van der Waals surface area (Å²) >= 11 is 0. The molecule has 5 heteroatoms. The van der Waals surface area contributed by atoms with Gasteiger partial charge in [-0.1, -0.05) is 12.1 Å². The van der Waals surface area contributed by atoms with Gasteiger partial charge < -0.3 is 14.8 Å². The molecule has 0 aliphatic heterocycles. The number of nitrogens with zero attached hydrogens (tertiary/aromatic N) is 1. The second kappa shape index (κ2) is 4.06. The van der Waals surface area contributed by atoms with Gasteiger partial charge in [-0.3, -0.25) is 0 Å². The molecular formula is C11H10N2O3. The van der Waals surface area contributed by atoms with E-state index in [2.05, 4.69) is 9.97 Å². The second-order valence-corrected chi connectivity index (χ2v) is 3.15. The van der Waals surface area contributed by atoms with Gasteiger partial charge >= 0.3 is 5.97 Å². The summed E-state index contributed by atoms with van der Waals surface area (Å²) in [6, 6.07) is 7.27. The SMILES string of the molecule is COc1ccccc1-c1ncc(C(=O)O)[nH]1. The first-order valence-corrected chi connectivity index (χ1v) is 4.64. The Kier molecular flexibility index (Phi) is 2.59. The molecule has 82 valence electrons. The van der Waals surface area contributed by atoms with Crippen LogP contribution in [-0.4, -0.2) is 28.2 Å². The Morgan fingerprint density at radius 2 is 2.19 bits per heavy atom. The maximum Gasteiger partial charge on any atom is 0.353 e. The van der Waals surface area contributed by atoms with Crippen LogP contribution in [0.25, 0.3) is 11.4 Å². The van der Waals surface area contributed by atoms with E-state index in [9.17, 15) is 4.79 Å². The number of H-pyrrole nitrogens is 1. The van der Waals surface area contributed by atoms with Crippen LogP contribution in [0.3, 0.4) is 0 Å². The number of carboxylic acids is 1. The molecule has 0 saturated carbocycles. The van der Waals surface area contributed by atoms with Crippen molar-refractivity contribution in [2.24, 2.45) is 0 Å². The third-order valence-corrected chi connectivity index (χ3v) is 2.17. The predicted molar refractivity (Wildman–Crippen MR) is 57.5 cm³/mol. The number of methoxy groups -OCH3 is 1. The van der Waals surface area contributed by atoms with E-state index >= 15 is 0 Å². The number of nitrogens with one attached hydrogen (secondary N) is 1. The third-order valence-electron chi connectivity index (χ3n) is 2.17. The van der Waals surface area contributed by atoms with Crippen LogP contribution in [0.15, 0.2) is 30.5 Å². The minimum atomic E-state index is -1.03. The minimum absolute atomic E-state index is 0.0564. The standard InChI is InChI=1S/C11H10N2O3/c1-16-9-5-3-2-4-7(9)10-12-6-8(13-10)11(14)15/h2-6H,1H3,(H,12,13)(H,14,15). The maximum atomic E-state index is 10.7. The smallest absolute Gasteiger partial charge is 0.353 e. The number of ether oxygens (including phenoxy) is 1. The van der Waals surface area contributed by atoms with Crippen LogP contribution < -0.4 is 4.74 Å². The third kappa shape index (κ3) is 1.75. The van der Waals surface area contributed by atoms with Crippen molar-refractivity contribution in [3.05, 3.63) is 36.2 Å². The van der Waals surface area contributed by atoms with Gasteiger partial charge in [0.15, 0.2) is 0 Å². The second-order valence-electron chi connectivity index (χ2n) is 3.15. The van der Waals surface area contributed by atoms with Gasteiger partial charge in [0.2, 0.25) is 0 Å². The van der Waals surface area contributed by atoms with Gasteiger partial charge in [-0.25, -0.2) is 9.78 Å². The van der Waals surface area contributed by atoms with Crippen molar-refractivity contribution < 1.29 is 14.6 Å². The largest absolute Gasteiger partial charge is 0.496 e. The van der Waals surface area contributed by atoms with Crippen LogP contribution >= 0.6 is 0 Å². The Hall–Kier alpha value is -2.30. The highest BCUT2D eigenvalue weighted by Crippen LogP contribution is 2.26. The van der Waals surface area contributed by atoms with Crippen molar-refractivity contribution in [3.63, 3.8) is 0 Å². The minimum Gasteiger partial charge on any atom is -0.496 e. The Balaban J connectivity index is 2.46. The molecule has 2 aromatic rings. The van der Waals surface area contributed by atoms with Crippen molar-refractivity contribution in [3.8, 4) is 17.1 Å². The van der Waals surface area contributed by atoms with Crippen molar-refractivity contribution in [2.45, 2.75) is 0 Å². The zero-order chi connectivity index (χ0) is 11.5. The van der Waals surface area contributed by atoms with Gasteiger partial charge in [-0.05, 0) is 12.1 Å². The van der Waals surface area contributed by atoms with Crippen LogP contribution in [0.1, 0.15) is 10.5 Å². The number of carbonyl (C=O) groups is 1. The van der Waals surface area contributed by atoms with Crippen LogP contribution in [0.2, 0.25) is 0 Å². The molecule has 1 aromatic heterocycles. The van der Waals surface area contributed by atoms with Crippen LogP contribution in [0.4, 0.5) is 0 Å². The van der Waals surface area contributed by atoms with Crippen molar-refractivity contribution in [1.29, 1.82) is 0 Å². The molecule has 0 atom stereocenters. The molecule has 0 unspecified atom stereocenters. The molecule has 0 saturated heterocycles. The molecule has 1 aromatic carbocycles. The molecular weight excluding hydrogens is 208 g/mol. The van der Waals surface area contributed by atoms with Crippen molar-refractivity contribution in [1.82, 2.24) is 9.97 Å². The highest BCUT2D eigenvalue weighted by molar-refractivity contribution is 5.86. The highest BCUT2D eigenvalue weighted by atomic mass is 16.5. The predicted octanol–water partition coefficient (Wildman–Crippen LogP) is 1.78. The lowest BCUT2D eigenvalue weighted by atomic mass is 10.2. The van der Waals surface area contributed by atoms with E-state index in [1.807, 2.05) is 18.2 Å². The van der Waals surface area contributed by atoms with Crippen molar-refractivity contribution in [2.75, 3.05) is 7.11 Å². The van der Waals surface area contributed by atoms with E-state index < -0.39 is 5.97 Å². The number of aromatic nitrogens is 2. The Morgan fingerprint density at radius 1 is 1.44 bits per heavy atom. The molecule has 0 aliphatic carbocycles. The average Bonchev–Trinajstić information content (AvgIpc) is 2.78. The molecule has 1 heterocycles. The molecule has 0 aliphatic rings. The quantitative estimate of drug-likeness (QED) is 0.823. The van der Waals surface area contributed by atoms with Crippen LogP contribution in [0.5, 0.6) is 5.75 Å². The monoisotopic (exact) mass is 218 g/mol. The summed E-state index contributed by atoms with van der Waals surface area (Å²) in [5.41, 5.74) is 0.790. The molecule has 0 radical (unpaired) electrons. The molecule has 16 heavy (non-hydrogen) atoms. The first kappa shape index (κ1) is 10.2. The number of hydrogen-bond acceptors (Lipinski definition) is 3. The van der Waals surface area contributed by atoms with Crippen molar-refractivity contribution >= 4 is 5.97 Å². The zero-order valence-corrected chi connectivity index (χ0v) is 8.60. The average molecular weight is 218 g/mol. The van der Waals surface area contributed by atoms with E-state index in [0.29, 0.717) is 11.6 Å². The molecule has 0 fully saturated rings. The normalized spacial score (nSPS) is 10.1. The molecule has 5 nitrogen and oxygen atoms in total. The summed E-state index contributed by atoms with van der Waals surface area (Å²) < 4.78 is 5.16. The van der Waals surface area contributed by atoms with E-state index in [1.165, 1.54) is 6.20 Å². The number of carboxylic acid groups (broad SMARTS) is 1. The van der Waals surface area contributed by atoms with Gasteiger partial charge in [0.05, 0.1) is 18.9 Å². The van der Waals surface area contributed by atoms with Gasteiger partial charge in [-0.2, -0.15) is 0 Å². The van der Waals surface area contributed by atoms with E-state index in [4.69, 9.17) is 9.84 Å². The van der Waals surface area contributed by atoms with E-state index in [-0.39, 0.29) is 5.69 Å². The van der Waals surface area contributed by atoms with Gasteiger partial charge in [0.1, 0.15) is 17.3 Å². The fourth-order valence-corrected chi connectivity index (χ4v) is 1.41. The molecule has 2 rings (SSSR count). The Bertz CT molecular complexity index is 519. The first-order chi connectivity index (χ1) is 7.72. The van der Waals surface area contributed by atoms with Gasteiger partial charge in [0.25, 0.3) is 0 Å². The summed E-state index contributed by atoms with van der Waals surface area (Å²) in [6.45, 7) is 0. The lowest BCUT2D eigenvalue weighted by molar-refractivity contribution is 0.0691. The summed E-state index contributed by atoms with van der Waals surface area (Å²) in [6.07, 6.45) is 1.28. The van der Waals surface area contributed by atoms with Crippen LogP contribution in [0, 0.1) is 0 Å². The summed E-state index contributed by atoms with van der Waals surface area (Å²) in [5.74, 6) is 0.0947. The van der Waals surface area contributed by atoms with Gasteiger partial charge in [-0.15, -0.1) is 0 Å². The number of rotatable bonds is 3. The van der Waals surface area contributed by atoms with E-state index in [0.717, 1.165) is 5.56 Å². The number of imidazole rings is 1. The van der Waals surface area contributed by atoms with Gasteiger partial charge in [0, 0.05) is 0 Å². The highest BCUT2D eigenvalue weighted by Gasteiger charge is 2.11. The molecule has 0 spiro atoms. The number of aromatic amines is 1. The number of hydrogen-bond donors (Lipinski definition) is 2. The maximum absolute atomic E-state index is 10.7. The zero-order valence-electron chi connectivity index (χ0n) is 8.60. The molecule has 0 bridgehead atoms. The lowest BCUT2D eigenvalue weighted by Crippen LogP contribution is -1.96. The summed E-state index contributed by atoms with van der Waals surface area (Å²) in [5, 5.41) is 8.77. The topological polar surface area (TPSA) is 75.2 Å². The van der Waals surface area contributed by atoms with Crippen LogP contribution in [-0.2, 0) is 0 Å². The van der Waals surface area contributed by atoms with E-state index in [1.54, 1.807) is 13.2 Å². The number of para-hydroxylation sites is 1. The Morgan fingerprint density at radius 3 is 2.81 bits per heavy atom. The molecule has 2 N–H and O–H groups in total. The summed E-state index contributed by atoms with van der Waals surface area (Å²) in [7, 11) is 1.56. The lowest BCUT2D eigenvalue weighted by Gasteiger charge is -2.04. The molecule has 0 amide bonds. The summed E-state index contributed by atoms with van der Waals surface area (Å²) in [4.78, 5) is 17.4. The number of benzene rings is 1. The Labute approximate surface area is 91.7 Å². The fraction of sp³-hybridized carbons (Fsp3) is 0.0909. The first-order valence-electron chi connectivity index (χ1n) is 4.64.